The first kappa shape index (κ1) is 28.9. The van der Waals surface area contributed by atoms with Gasteiger partial charge in [-0.05, 0) is 90.3 Å². The van der Waals surface area contributed by atoms with Crippen molar-refractivity contribution in [1.29, 1.82) is 0 Å². The van der Waals surface area contributed by atoms with E-state index in [1.165, 1.54) is 87.8 Å². The Morgan fingerprint density at radius 1 is 0.308 bits per heavy atom. The highest BCUT2D eigenvalue weighted by Gasteiger charge is 2.22. The molecule has 0 N–H and O–H groups in total. The fourth-order valence-electron chi connectivity index (χ4n) is 8.72. The molecule has 0 radical (unpaired) electrons. The van der Waals surface area contributed by atoms with Crippen LogP contribution in [0.1, 0.15) is 5.56 Å². The molecule has 3 aromatic heterocycles. The molecule has 11 rings (SSSR count). The van der Waals surface area contributed by atoms with Crippen LogP contribution in [0.4, 0.5) is 0 Å². The van der Waals surface area contributed by atoms with E-state index in [4.69, 9.17) is 0 Å². The Labute approximate surface area is 300 Å². The van der Waals surface area contributed by atoms with Crippen molar-refractivity contribution >= 4 is 65.4 Å². The summed E-state index contributed by atoms with van der Waals surface area (Å²) in [7, 11) is 0. The average Bonchev–Trinajstić information content (AvgIpc) is 3.84. The number of hydrogen-bond acceptors (Lipinski definition) is 0. The van der Waals surface area contributed by atoms with Gasteiger partial charge in [-0.3, -0.25) is 0 Å². The molecular formula is C49H33N3. The summed E-state index contributed by atoms with van der Waals surface area (Å²) in [5, 5.41) is 7.55. The lowest BCUT2D eigenvalue weighted by Gasteiger charge is -2.13. The van der Waals surface area contributed by atoms with Crippen molar-refractivity contribution in [2.75, 3.05) is 0 Å². The third-order valence-corrected chi connectivity index (χ3v) is 10.9. The van der Waals surface area contributed by atoms with E-state index in [0.29, 0.717) is 0 Å². The SMILES string of the molecule is Cc1cc(-n2c3ccccc3c3ccccc32)ccc1-c1ccc2c(c1)c1ccc3c4ccccc4n(-c4ccccc4)c3c1n2-c1ccccc1. The molecule has 0 aliphatic carbocycles. The summed E-state index contributed by atoms with van der Waals surface area (Å²) < 4.78 is 7.31. The Kier molecular flexibility index (Phi) is 6.17. The predicted molar refractivity (Wildman–Crippen MR) is 220 cm³/mol. The second kappa shape index (κ2) is 11.1. The molecular weight excluding hydrogens is 631 g/mol. The van der Waals surface area contributed by atoms with Gasteiger partial charge in [-0.15, -0.1) is 0 Å². The highest BCUT2D eigenvalue weighted by Crippen LogP contribution is 2.43. The number of rotatable bonds is 4. The van der Waals surface area contributed by atoms with E-state index >= 15 is 0 Å². The Morgan fingerprint density at radius 2 is 0.769 bits per heavy atom. The fourth-order valence-corrected chi connectivity index (χ4v) is 8.72. The van der Waals surface area contributed by atoms with Crippen molar-refractivity contribution in [2.45, 2.75) is 6.92 Å². The summed E-state index contributed by atoms with van der Waals surface area (Å²) in [6.45, 7) is 2.24. The quantitative estimate of drug-likeness (QED) is 0.178. The Bertz CT molecular complexity index is 3120. The van der Waals surface area contributed by atoms with Crippen LogP contribution in [-0.2, 0) is 0 Å². The second-order valence-electron chi connectivity index (χ2n) is 13.8. The molecule has 0 amide bonds. The van der Waals surface area contributed by atoms with E-state index in [1.807, 2.05) is 0 Å². The molecule has 0 unspecified atom stereocenters. The van der Waals surface area contributed by atoms with Crippen LogP contribution in [0.2, 0.25) is 0 Å². The van der Waals surface area contributed by atoms with Crippen molar-refractivity contribution in [3.8, 4) is 28.2 Å². The molecule has 0 aliphatic rings. The van der Waals surface area contributed by atoms with Gasteiger partial charge in [0.1, 0.15) is 0 Å². The monoisotopic (exact) mass is 663 g/mol. The van der Waals surface area contributed by atoms with E-state index in [0.717, 1.165) is 11.4 Å². The topological polar surface area (TPSA) is 14.8 Å². The minimum Gasteiger partial charge on any atom is -0.309 e. The van der Waals surface area contributed by atoms with Crippen LogP contribution in [0.3, 0.4) is 0 Å². The standard InChI is InChI=1S/C49H33N3/c1-32-30-36(50-44-21-11-8-18-38(44)39-19-9-12-22-45(39)50)25-26-37(32)33-24-29-47-43(31-33)42-28-27-41-40-20-10-13-23-46(40)51(34-14-4-2-5-15-34)48(41)49(42)52(47)35-16-6-3-7-17-35/h2-31H,1H3. The maximum Gasteiger partial charge on any atom is 0.0788 e. The number of benzene rings is 8. The Hall–Kier alpha value is -6.84. The molecule has 0 aliphatic heterocycles. The first-order chi connectivity index (χ1) is 25.7. The second-order valence-corrected chi connectivity index (χ2v) is 13.8. The van der Waals surface area contributed by atoms with Gasteiger partial charge in [-0.2, -0.15) is 0 Å². The Balaban J connectivity index is 1.17. The molecule has 0 spiro atoms. The number of aromatic nitrogens is 3. The highest BCUT2D eigenvalue weighted by atomic mass is 15.0. The number of hydrogen-bond donors (Lipinski definition) is 0. The van der Waals surface area contributed by atoms with Gasteiger partial charge in [-0.1, -0.05) is 115 Å². The lowest BCUT2D eigenvalue weighted by molar-refractivity contribution is 1.15. The van der Waals surface area contributed by atoms with E-state index in [-0.39, 0.29) is 0 Å². The Morgan fingerprint density at radius 3 is 1.33 bits per heavy atom. The molecule has 0 fully saturated rings. The summed E-state index contributed by atoms with van der Waals surface area (Å²) in [6.07, 6.45) is 0. The molecule has 0 saturated heterocycles. The average molecular weight is 664 g/mol. The van der Waals surface area contributed by atoms with Crippen molar-refractivity contribution in [2.24, 2.45) is 0 Å². The van der Waals surface area contributed by atoms with Gasteiger partial charge < -0.3 is 13.7 Å². The summed E-state index contributed by atoms with van der Waals surface area (Å²) in [4.78, 5) is 0. The minimum atomic E-state index is 1.15. The van der Waals surface area contributed by atoms with Crippen LogP contribution in [0.25, 0.3) is 93.6 Å². The normalized spacial score (nSPS) is 11.9. The molecule has 0 atom stereocenters. The third kappa shape index (κ3) is 4.08. The molecule has 52 heavy (non-hydrogen) atoms. The lowest BCUT2D eigenvalue weighted by atomic mass is 9.98. The molecule has 0 bridgehead atoms. The van der Waals surface area contributed by atoms with Gasteiger partial charge in [0.25, 0.3) is 0 Å². The number of para-hydroxylation sites is 5. The van der Waals surface area contributed by atoms with E-state index in [1.54, 1.807) is 0 Å². The highest BCUT2D eigenvalue weighted by molar-refractivity contribution is 6.24. The largest absolute Gasteiger partial charge is 0.309 e. The van der Waals surface area contributed by atoms with Crippen molar-refractivity contribution in [3.05, 3.63) is 188 Å². The molecule has 244 valence electrons. The summed E-state index contributed by atoms with van der Waals surface area (Å²) >= 11 is 0. The van der Waals surface area contributed by atoms with Crippen LogP contribution in [0.5, 0.6) is 0 Å². The molecule has 11 aromatic rings. The first-order valence-corrected chi connectivity index (χ1v) is 18.0. The summed E-state index contributed by atoms with van der Waals surface area (Å²) in [5.41, 5.74) is 14.5. The molecule has 3 heteroatoms. The van der Waals surface area contributed by atoms with E-state index < -0.39 is 0 Å². The zero-order valence-corrected chi connectivity index (χ0v) is 28.7. The number of aryl methyl sites for hydroxylation is 1. The van der Waals surface area contributed by atoms with Crippen LogP contribution < -0.4 is 0 Å². The van der Waals surface area contributed by atoms with Gasteiger partial charge in [0, 0.05) is 49.4 Å². The number of fused-ring (bicyclic) bond motifs is 10. The zero-order chi connectivity index (χ0) is 34.3. The smallest absolute Gasteiger partial charge is 0.0788 e. The van der Waals surface area contributed by atoms with Crippen molar-refractivity contribution in [1.82, 2.24) is 13.7 Å². The van der Waals surface area contributed by atoms with E-state index in [2.05, 4.69) is 203 Å². The van der Waals surface area contributed by atoms with Crippen LogP contribution >= 0.6 is 0 Å². The van der Waals surface area contributed by atoms with Crippen molar-refractivity contribution < 1.29 is 0 Å². The van der Waals surface area contributed by atoms with Gasteiger partial charge in [-0.25, -0.2) is 0 Å². The van der Waals surface area contributed by atoms with E-state index in [9.17, 15) is 0 Å². The zero-order valence-electron chi connectivity index (χ0n) is 28.7. The summed E-state index contributed by atoms with van der Waals surface area (Å²) in [5.74, 6) is 0. The van der Waals surface area contributed by atoms with Gasteiger partial charge >= 0.3 is 0 Å². The molecule has 8 aromatic carbocycles. The molecule has 3 nitrogen and oxygen atoms in total. The predicted octanol–water partition coefficient (Wildman–Crippen LogP) is 13.0. The molecule has 3 heterocycles. The van der Waals surface area contributed by atoms with Crippen molar-refractivity contribution in [3.63, 3.8) is 0 Å². The van der Waals surface area contributed by atoms with Gasteiger partial charge in [0.15, 0.2) is 0 Å². The van der Waals surface area contributed by atoms with Crippen LogP contribution in [-0.4, -0.2) is 13.7 Å². The maximum atomic E-state index is 2.47. The summed E-state index contributed by atoms with van der Waals surface area (Å²) in [6, 6.07) is 66.4. The number of nitrogens with zero attached hydrogens (tertiary/aromatic N) is 3. The van der Waals surface area contributed by atoms with Gasteiger partial charge in [0.2, 0.25) is 0 Å². The maximum absolute atomic E-state index is 2.47. The minimum absolute atomic E-state index is 1.15. The fraction of sp³-hybridized carbons (Fsp3) is 0.0204. The van der Waals surface area contributed by atoms with Crippen LogP contribution in [0, 0.1) is 6.92 Å². The third-order valence-electron chi connectivity index (χ3n) is 10.9. The first-order valence-electron chi connectivity index (χ1n) is 18.0. The lowest BCUT2D eigenvalue weighted by Crippen LogP contribution is -1.98. The van der Waals surface area contributed by atoms with Gasteiger partial charge in [0.05, 0.1) is 33.1 Å². The van der Waals surface area contributed by atoms with Crippen LogP contribution in [0.15, 0.2) is 182 Å². The molecule has 0 saturated carbocycles.